The molecule has 0 amide bonds. The van der Waals surface area contributed by atoms with Gasteiger partial charge < -0.3 is 0 Å². The summed E-state index contributed by atoms with van der Waals surface area (Å²) in [5, 5.41) is 0. The van der Waals surface area contributed by atoms with Crippen molar-refractivity contribution in [3.63, 3.8) is 0 Å². The lowest BCUT2D eigenvalue weighted by Crippen LogP contribution is -1.90. The van der Waals surface area contributed by atoms with Crippen LogP contribution in [0.2, 0.25) is 0 Å². The van der Waals surface area contributed by atoms with E-state index in [1.54, 1.807) is 6.92 Å². The van der Waals surface area contributed by atoms with Crippen LogP contribution >= 0.6 is 0 Å². The number of Topliss-reactive ketones (excluding diaryl/α,β-unsaturated/α-hetero) is 1. The van der Waals surface area contributed by atoms with Gasteiger partial charge in [-0.05, 0) is 19.8 Å². The zero-order chi connectivity index (χ0) is 18.7. The van der Waals surface area contributed by atoms with Crippen molar-refractivity contribution in [3.05, 3.63) is 35.4 Å². The van der Waals surface area contributed by atoms with Gasteiger partial charge in [0.1, 0.15) is 0 Å². The molecule has 0 atom stereocenters. The second kappa shape index (κ2) is 20.9. The molecule has 0 spiro atoms. The Bertz CT molecular complexity index is 333. The monoisotopic (exact) mass is 322 g/mol. The first kappa shape index (κ1) is 26.8. The third-order valence-electron chi connectivity index (χ3n) is 3.09. The van der Waals surface area contributed by atoms with Crippen molar-refractivity contribution in [2.24, 2.45) is 5.92 Å². The van der Waals surface area contributed by atoms with Crippen LogP contribution in [0.25, 0.3) is 0 Å². The van der Waals surface area contributed by atoms with Crippen LogP contribution in [0.1, 0.15) is 103 Å². The van der Waals surface area contributed by atoms with Crippen molar-refractivity contribution in [1.82, 2.24) is 0 Å². The van der Waals surface area contributed by atoms with Crippen LogP contribution in [-0.2, 0) is 0 Å². The first-order valence-electron chi connectivity index (χ1n) is 9.46. The van der Waals surface area contributed by atoms with E-state index in [-0.39, 0.29) is 5.78 Å². The largest absolute Gasteiger partial charge is 0.295 e. The maximum atomic E-state index is 10.8. The summed E-state index contributed by atoms with van der Waals surface area (Å²) in [4.78, 5) is 10.8. The van der Waals surface area contributed by atoms with Gasteiger partial charge in [-0.3, -0.25) is 4.79 Å². The van der Waals surface area contributed by atoms with Crippen molar-refractivity contribution in [3.8, 4) is 0 Å². The molecule has 0 radical (unpaired) electrons. The van der Waals surface area contributed by atoms with Gasteiger partial charge in [0, 0.05) is 5.56 Å². The molecule has 136 valence electrons. The second-order valence-electron chi connectivity index (χ2n) is 5.96. The summed E-state index contributed by atoms with van der Waals surface area (Å²) in [6.45, 7) is 18.7. The maximum absolute atomic E-state index is 10.8. The number of aryl methyl sites for hydroxylation is 1. The van der Waals surface area contributed by atoms with Crippen LogP contribution in [0.4, 0.5) is 0 Å². The van der Waals surface area contributed by atoms with E-state index >= 15 is 0 Å². The van der Waals surface area contributed by atoms with Crippen molar-refractivity contribution in [2.45, 2.75) is 94.4 Å². The fourth-order valence-corrected chi connectivity index (χ4v) is 1.40. The molecule has 0 heterocycles. The van der Waals surface area contributed by atoms with Crippen LogP contribution in [0.15, 0.2) is 24.3 Å². The molecule has 0 aromatic heterocycles. The van der Waals surface area contributed by atoms with Gasteiger partial charge in [-0.15, -0.1) is 0 Å². The summed E-state index contributed by atoms with van der Waals surface area (Å²) in [6, 6.07) is 7.57. The number of ketones is 1. The molecule has 1 nitrogen and oxygen atoms in total. The Kier molecular flexibility index (Phi) is 24.3. The number of carbonyl (C=O) groups excluding carboxylic acids is 1. The molecule has 1 heteroatoms. The highest BCUT2D eigenvalue weighted by Gasteiger charge is 1.95. The van der Waals surface area contributed by atoms with Gasteiger partial charge in [0.15, 0.2) is 5.78 Å². The summed E-state index contributed by atoms with van der Waals surface area (Å²) >= 11 is 0. The fourth-order valence-electron chi connectivity index (χ4n) is 1.40. The van der Waals surface area contributed by atoms with Gasteiger partial charge in [0.25, 0.3) is 0 Å². The highest BCUT2D eigenvalue weighted by molar-refractivity contribution is 5.93. The van der Waals surface area contributed by atoms with Gasteiger partial charge >= 0.3 is 0 Å². The highest BCUT2D eigenvalue weighted by atomic mass is 16.1. The number of carbonyl (C=O) groups is 1. The lowest BCUT2D eigenvalue weighted by molar-refractivity contribution is 0.101. The number of rotatable bonds is 5. The van der Waals surface area contributed by atoms with E-state index in [0.29, 0.717) is 0 Å². The maximum Gasteiger partial charge on any atom is 0.159 e. The van der Waals surface area contributed by atoms with E-state index in [1.165, 1.54) is 37.7 Å². The smallest absolute Gasteiger partial charge is 0.159 e. The molecular weight excluding hydrogens is 280 g/mol. The lowest BCUT2D eigenvalue weighted by Gasteiger charge is -1.98. The Labute approximate surface area is 146 Å². The van der Waals surface area contributed by atoms with Crippen LogP contribution in [0.5, 0.6) is 0 Å². The molecule has 0 fully saturated rings. The average Bonchev–Trinajstić information content (AvgIpc) is 2.56. The average molecular weight is 323 g/mol. The number of benzene rings is 1. The van der Waals surface area contributed by atoms with Crippen molar-refractivity contribution in [2.75, 3.05) is 0 Å². The summed E-state index contributed by atoms with van der Waals surface area (Å²) in [7, 11) is 0. The quantitative estimate of drug-likeness (QED) is 0.504. The zero-order valence-electron chi connectivity index (χ0n) is 17.3. The minimum Gasteiger partial charge on any atom is -0.295 e. The van der Waals surface area contributed by atoms with E-state index in [4.69, 9.17) is 0 Å². The summed E-state index contributed by atoms with van der Waals surface area (Å²) in [5.41, 5.74) is 1.97. The van der Waals surface area contributed by atoms with Crippen LogP contribution in [0.3, 0.4) is 0 Å². The molecule has 1 aromatic rings. The number of hydrogen-bond donors (Lipinski definition) is 0. The van der Waals surface area contributed by atoms with Crippen molar-refractivity contribution >= 4 is 5.78 Å². The van der Waals surface area contributed by atoms with Crippen LogP contribution < -0.4 is 0 Å². The molecular formula is C22H42O. The van der Waals surface area contributed by atoms with E-state index in [2.05, 4.69) is 34.6 Å². The molecule has 0 aliphatic heterocycles. The molecule has 1 rings (SSSR count). The normalized spacial score (nSPS) is 8.78. The topological polar surface area (TPSA) is 17.1 Å². The van der Waals surface area contributed by atoms with Crippen LogP contribution in [0, 0.1) is 12.8 Å². The Morgan fingerprint density at radius 3 is 1.57 bits per heavy atom. The SMILES string of the molecule is CC.CC(=O)c1ccc(C)cc1.CCCC.CCCCC(C)C. The van der Waals surface area contributed by atoms with Gasteiger partial charge in [0.2, 0.25) is 0 Å². The number of hydrogen-bond acceptors (Lipinski definition) is 1. The fraction of sp³-hybridized carbons (Fsp3) is 0.682. The van der Waals surface area contributed by atoms with Crippen molar-refractivity contribution in [1.29, 1.82) is 0 Å². The molecule has 23 heavy (non-hydrogen) atoms. The molecule has 0 N–H and O–H groups in total. The lowest BCUT2D eigenvalue weighted by atomic mass is 10.1. The van der Waals surface area contributed by atoms with E-state index < -0.39 is 0 Å². The van der Waals surface area contributed by atoms with Gasteiger partial charge in [-0.1, -0.05) is 110 Å². The standard InChI is InChI=1S/C9H10O.C7H16.C4H10.C2H6/c1-7-3-5-9(6-4-7)8(2)10;1-4-5-6-7(2)3;1-3-4-2;1-2/h3-6H,1-2H3;7H,4-6H2,1-3H3;3-4H2,1-2H3;1-2H3. The van der Waals surface area contributed by atoms with E-state index in [1.807, 2.05) is 45.0 Å². The number of unbranched alkanes of at least 4 members (excludes halogenated alkanes) is 2. The first-order valence-corrected chi connectivity index (χ1v) is 9.46. The summed E-state index contributed by atoms with van der Waals surface area (Å²) in [5.74, 6) is 1.03. The Morgan fingerprint density at radius 1 is 0.913 bits per heavy atom. The predicted octanol–water partition coefficient (Wildman–Crippen LogP) is 7.86. The molecule has 0 unspecified atom stereocenters. The summed E-state index contributed by atoms with van der Waals surface area (Å²) in [6.07, 6.45) is 6.78. The van der Waals surface area contributed by atoms with Gasteiger partial charge in [-0.2, -0.15) is 0 Å². The molecule has 0 aliphatic rings. The zero-order valence-corrected chi connectivity index (χ0v) is 17.3. The second-order valence-corrected chi connectivity index (χ2v) is 5.96. The third kappa shape index (κ3) is 23.3. The van der Waals surface area contributed by atoms with E-state index in [0.717, 1.165) is 11.5 Å². The predicted molar refractivity (Wildman–Crippen MR) is 107 cm³/mol. The molecule has 0 saturated heterocycles. The van der Waals surface area contributed by atoms with Gasteiger partial charge in [-0.25, -0.2) is 0 Å². The highest BCUT2D eigenvalue weighted by Crippen LogP contribution is 2.04. The minimum absolute atomic E-state index is 0.125. The molecule has 0 bridgehead atoms. The Hall–Kier alpha value is -1.11. The van der Waals surface area contributed by atoms with Crippen molar-refractivity contribution < 1.29 is 4.79 Å². The first-order chi connectivity index (χ1) is 10.9. The molecule has 1 aromatic carbocycles. The Morgan fingerprint density at radius 2 is 1.35 bits per heavy atom. The van der Waals surface area contributed by atoms with Crippen LogP contribution in [-0.4, -0.2) is 5.78 Å². The molecule has 0 saturated carbocycles. The summed E-state index contributed by atoms with van der Waals surface area (Å²) < 4.78 is 0. The Balaban J connectivity index is -0.000000270. The van der Waals surface area contributed by atoms with E-state index in [9.17, 15) is 4.79 Å². The minimum atomic E-state index is 0.125. The third-order valence-corrected chi connectivity index (χ3v) is 3.09. The van der Waals surface area contributed by atoms with Gasteiger partial charge in [0.05, 0.1) is 0 Å². The molecule has 0 aliphatic carbocycles.